The molecule has 0 bridgehead atoms. The second-order valence-corrected chi connectivity index (χ2v) is 6.77. The summed E-state index contributed by atoms with van der Waals surface area (Å²) >= 11 is 2.90. The van der Waals surface area contributed by atoms with Crippen LogP contribution in [0.5, 0.6) is 0 Å². The summed E-state index contributed by atoms with van der Waals surface area (Å²) < 4.78 is 4.79. The predicted molar refractivity (Wildman–Crippen MR) is 96.9 cm³/mol. The molecule has 0 saturated carbocycles. The molecule has 25 heavy (non-hydrogen) atoms. The van der Waals surface area contributed by atoms with Crippen LogP contribution in [0.15, 0.2) is 29.3 Å². The first-order valence-corrected chi connectivity index (χ1v) is 9.06. The Kier molecular flexibility index (Phi) is 6.68. The van der Waals surface area contributed by atoms with Gasteiger partial charge in [-0.05, 0) is 19.1 Å². The molecule has 9 heteroatoms. The Morgan fingerprint density at radius 2 is 2.24 bits per heavy atom. The Morgan fingerprint density at radius 3 is 2.92 bits per heavy atom. The van der Waals surface area contributed by atoms with Crippen molar-refractivity contribution in [2.24, 2.45) is 0 Å². The second-order valence-electron chi connectivity index (χ2n) is 4.75. The standard InChI is InChI=1S/C16H16N4O3S2/c1-3-23-15(22)11(6-17)7-19-16-20-13(9-24-16)14-5-4-12(25-14)8-18-10(2)21/h4-5,7,9H,3,8H2,1-2H3,(H,18,21)(H,19,20)/b11-7+. The molecule has 0 atom stereocenters. The zero-order valence-corrected chi connectivity index (χ0v) is 15.3. The number of rotatable bonds is 7. The molecule has 0 aliphatic heterocycles. The van der Waals surface area contributed by atoms with Gasteiger partial charge in [-0.15, -0.1) is 22.7 Å². The van der Waals surface area contributed by atoms with Crippen molar-refractivity contribution in [3.63, 3.8) is 0 Å². The van der Waals surface area contributed by atoms with Gasteiger partial charge >= 0.3 is 5.97 Å². The normalized spacial score (nSPS) is 10.8. The minimum Gasteiger partial charge on any atom is -0.462 e. The highest BCUT2D eigenvalue weighted by Gasteiger charge is 2.11. The van der Waals surface area contributed by atoms with E-state index in [2.05, 4.69) is 15.6 Å². The number of nitriles is 1. The predicted octanol–water partition coefficient (Wildman–Crippen LogP) is 2.89. The first-order chi connectivity index (χ1) is 12.0. The van der Waals surface area contributed by atoms with Crippen LogP contribution in [-0.2, 0) is 20.9 Å². The molecule has 0 aromatic carbocycles. The highest BCUT2D eigenvalue weighted by Crippen LogP contribution is 2.30. The van der Waals surface area contributed by atoms with Crippen LogP contribution in [0.2, 0.25) is 0 Å². The van der Waals surface area contributed by atoms with Crippen molar-refractivity contribution >= 4 is 39.7 Å². The van der Waals surface area contributed by atoms with Crippen molar-refractivity contribution < 1.29 is 14.3 Å². The van der Waals surface area contributed by atoms with Crippen molar-refractivity contribution in [1.29, 1.82) is 5.26 Å². The van der Waals surface area contributed by atoms with E-state index < -0.39 is 5.97 Å². The van der Waals surface area contributed by atoms with Crippen LogP contribution >= 0.6 is 22.7 Å². The van der Waals surface area contributed by atoms with E-state index in [9.17, 15) is 9.59 Å². The van der Waals surface area contributed by atoms with E-state index in [4.69, 9.17) is 10.00 Å². The number of thiophene rings is 1. The average molecular weight is 376 g/mol. The Bertz CT molecular complexity index is 833. The van der Waals surface area contributed by atoms with Gasteiger partial charge in [0.2, 0.25) is 5.91 Å². The fourth-order valence-corrected chi connectivity index (χ4v) is 3.42. The van der Waals surface area contributed by atoms with Crippen molar-refractivity contribution in [3.8, 4) is 16.6 Å². The lowest BCUT2D eigenvalue weighted by Crippen LogP contribution is -2.17. The van der Waals surface area contributed by atoms with Crippen LogP contribution in [0, 0.1) is 11.3 Å². The number of aromatic nitrogens is 1. The van der Waals surface area contributed by atoms with Crippen LogP contribution in [-0.4, -0.2) is 23.5 Å². The van der Waals surface area contributed by atoms with Gasteiger partial charge in [0, 0.05) is 23.4 Å². The highest BCUT2D eigenvalue weighted by atomic mass is 32.1. The van der Waals surface area contributed by atoms with Crippen LogP contribution in [0.4, 0.5) is 5.13 Å². The summed E-state index contributed by atoms with van der Waals surface area (Å²) in [5.41, 5.74) is 0.668. The minimum atomic E-state index is -0.671. The van der Waals surface area contributed by atoms with Gasteiger partial charge in [0.25, 0.3) is 0 Å². The number of hydrogen-bond donors (Lipinski definition) is 2. The van der Waals surface area contributed by atoms with Gasteiger partial charge in [0.1, 0.15) is 6.07 Å². The SMILES string of the molecule is CCOC(=O)/C(C#N)=C/Nc1nc(-c2ccc(CNC(C)=O)s2)cs1. The summed E-state index contributed by atoms with van der Waals surface area (Å²) in [6.45, 7) is 3.85. The van der Waals surface area contributed by atoms with E-state index in [1.54, 1.807) is 24.3 Å². The number of amides is 1. The quantitative estimate of drug-likeness (QED) is 0.437. The van der Waals surface area contributed by atoms with Gasteiger partial charge in [-0.2, -0.15) is 5.26 Å². The van der Waals surface area contributed by atoms with Gasteiger partial charge in [0.15, 0.2) is 10.7 Å². The van der Waals surface area contributed by atoms with E-state index in [-0.39, 0.29) is 18.1 Å². The second kappa shape index (κ2) is 8.96. The first kappa shape index (κ1) is 18.6. The molecular formula is C16H16N4O3S2. The number of esters is 1. The smallest absolute Gasteiger partial charge is 0.350 e. The van der Waals surface area contributed by atoms with Gasteiger partial charge in [-0.25, -0.2) is 9.78 Å². The van der Waals surface area contributed by atoms with Crippen molar-refractivity contribution in [2.45, 2.75) is 20.4 Å². The molecule has 0 aliphatic rings. The van der Waals surface area contributed by atoms with E-state index in [1.807, 2.05) is 17.5 Å². The number of carbonyl (C=O) groups excluding carboxylic acids is 2. The lowest BCUT2D eigenvalue weighted by molar-refractivity contribution is -0.138. The Balaban J connectivity index is 2.04. The lowest BCUT2D eigenvalue weighted by atomic mass is 10.3. The van der Waals surface area contributed by atoms with Crippen molar-refractivity contribution in [2.75, 3.05) is 11.9 Å². The summed E-state index contributed by atoms with van der Waals surface area (Å²) in [6.07, 6.45) is 1.29. The third-order valence-corrected chi connectivity index (χ3v) is 4.77. The van der Waals surface area contributed by atoms with Crippen LogP contribution in [0.25, 0.3) is 10.6 Å². The van der Waals surface area contributed by atoms with E-state index >= 15 is 0 Å². The number of hydrogen-bond acceptors (Lipinski definition) is 8. The molecule has 7 nitrogen and oxygen atoms in total. The molecule has 0 spiro atoms. The molecule has 2 aromatic heterocycles. The molecule has 0 radical (unpaired) electrons. The van der Waals surface area contributed by atoms with Gasteiger partial charge in [-0.1, -0.05) is 0 Å². The van der Waals surface area contributed by atoms with E-state index in [1.165, 1.54) is 24.5 Å². The molecule has 2 N–H and O–H groups in total. The third-order valence-electron chi connectivity index (χ3n) is 2.89. The van der Waals surface area contributed by atoms with Crippen LogP contribution in [0.3, 0.4) is 0 Å². The Labute approximate surface area is 153 Å². The van der Waals surface area contributed by atoms with Gasteiger partial charge < -0.3 is 15.4 Å². The molecule has 0 aliphatic carbocycles. The molecule has 2 heterocycles. The maximum Gasteiger partial charge on any atom is 0.350 e. The monoisotopic (exact) mass is 376 g/mol. The topological polar surface area (TPSA) is 104 Å². The highest BCUT2D eigenvalue weighted by molar-refractivity contribution is 7.17. The summed E-state index contributed by atoms with van der Waals surface area (Å²) in [5, 5.41) is 17.0. The summed E-state index contributed by atoms with van der Waals surface area (Å²) in [6, 6.07) is 5.67. The molecule has 0 unspecified atom stereocenters. The molecule has 0 fully saturated rings. The average Bonchev–Trinajstić information content (AvgIpc) is 3.23. The number of anilines is 1. The zero-order valence-electron chi connectivity index (χ0n) is 13.7. The number of carbonyl (C=O) groups is 2. The molecule has 2 aromatic rings. The largest absolute Gasteiger partial charge is 0.462 e. The first-order valence-electron chi connectivity index (χ1n) is 7.36. The Morgan fingerprint density at radius 1 is 1.44 bits per heavy atom. The summed E-state index contributed by atoms with van der Waals surface area (Å²) in [5.74, 6) is -0.744. The molecule has 0 saturated heterocycles. The van der Waals surface area contributed by atoms with Gasteiger partial charge in [-0.3, -0.25) is 4.79 Å². The molecular weight excluding hydrogens is 360 g/mol. The fourth-order valence-electron chi connectivity index (χ4n) is 1.75. The number of ether oxygens (including phenoxy) is 1. The third kappa shape index (κ3) is 5.41. The molecule has 130 valence electrons. The lowest BCUT2D eigenvalue weighted by Gasteiger charge is -1.99. The maximum atomic E-state index is 11.5. The van der Waals surface area contributed by atoms with Gasteiger partial charge in [0.05, 0.1) is 23.7 Å². The van der Waals surface area contributed by atoms with Crippen molar-refractivity contribution in [1.82, 2.24) is 10.3 Å². The number of nitrogens with zero attached hydrogens (tertiary/aromatic N) is 2. The summed E-state index contributed by atoms with van der Waals surface area (Å²) in [4.78, 5) is 28.9. The Hall–Kier alpha value is -2.70. The molecule has 1 amide bonds. The molecule has 2 rings (SSSR count). The van der Waals surface area contributed by atoms with Crippen LogP contribution in [0.1, 0.15) is 18.7 Å². The minimum absolute atomic E-state index is 0.0724. The number of thiazole rings is 1. The van der Waals surface area contributed by atoms with Crippen LogP contribution < -0.4 is 10.6 Å². The van der Waals surface area contributed by atoms with E-state index in [0.717, 1.165) is 15.4 Å². The zero-order chi connectivity index (χ0) is 18.2. The number of nitrogens with one attached hydrogen (secondary N) is 2. The fraction of sp³-hybridized carbons (Fsp3) is 0.250. The van der Waals surface area contributed by atoms with Crippen molar-refractivity contribution in [3.05, 3.63) is 34.2 Å². The maximum absolute atomic E-state index is 11.5. The van der Waals surface area contributed by atoms with E-state index in [0.29, 0.717) is 11.7 Å². The summed E-state index contributed by atoms with van der Waals surface area (Å²) in [7, 11) is 0.